The lowest BCUT2D eigenvalue weighted by Gasteiger charge is -2.11. The number of ether oxygens (including phenoxy) is 2. The monoisotopic (exact) mass is 315 g/mol. The maximum Gasteiger partial charge on any atom is 0.339 e. The lowest BCUT2D eigenvalue weighted by atomic mass is 9.98. The molecule has 1 heterocycles. The first kappa shape index (κ1) is 15.5. The van der Waals surface area contributed by atoms with Crippen molar-refractivity contribution in [3.05, 3.63) is 53.5 Å². The van der Waals surface area contributed by atoms with Crippen LogP contribution in [0.3, 0.4) is 0 Å². The SMILES string of the molecule is COC(=O)c1cnc(Oc2ccc(C3CCCC3)cc2)c(F)c1. The van der Waals surface area contributed by atoms with Crippen molar-refractivity contribution in [1.82, 2.24) is 4.98 Å². The number of benzene rings is 1. The highest BCUT2D eigenvalue weighted by atomic mass is 19.1. The fourth-order valence-electron chi connectivity index (χ4n) is 2.91. The van der Waals surface area contributed by atoms with Crippen LogP contribution in [0.5, 0.6) is 11.6 Å². The van der Waals surface area contributed by atoms with Gasteiger partial charge >= 0.3 is 5.97 Å². The van der Waals surface area contributed by atoms with Gasteiger partial charge in [-0.15, -0.1) is 0 Å². The summed E-state index contributed by atoms with van der Waals surface area (Å²) in [5.41, 5.74) is 1.35. The van der Waals surface area contributed by atoms with Crippen molar-refractivity contribution in [1.29, 1.82) is 0 Å². The van der Waals surface area contributed by atoms with Crippen molar-refractivity contribution in [3.63, 3.8) is 0 Å². The van der Waals surface area contributed by atoms with Crippen molar-refractivity contribution in [3.8, 4) is 11.6 Å². The molecule has 0 N–H and O–H groups in total. The van der Waals surface area contributed by atoms with Gasteiger partial charge in [-0.3, -0.25) is 0 Å². The summed E-state index contributed by atoms with van der Waals surface area (Å²) in [6.07, 6.45) is 6.25. The molecule has 0 unspecified atom stereocenters. The summed E-state index contributed by atoms with van der Waals surface area (Å²) < 4.78 is 23.9. The molecule has 0 spiro atoms. The summed E-state index contributed by atoms with van der Waals surface area (Å²) in [5, 5.41) is 0. The Morgan fingerprint density at radius 3 is 2.52 bits per heavy atom. The molecule has 0 saturated heterocycles. The predicted octanol–water partition coefficient (Wildman–Crippen LogP) is 4.46. The summed E-state index contributed by atoms with van der Waals surface area (Å²) in [6.45, 7) is 0. The van der Waals surface area contributed by atoms with E-state index in [1.165, 1.54) is 44.6 Å². The van der Waals surface area contributed by atoms with Gasteiger partial charge in [0, 0.05) is 6.20 Å². The molecule has 0 radical (unpaired) electrons. The van der Waals surface area contributed by atoms with Gasteiger partial charge in [-0.05, 0) is 42.5 Å². The van der Waals surface area contributed by atoms with Crippen molar-refractivity contribution in [2.75, 3.05) is 7.11 Å². The van der Waals surface area contributed by atoms with Crippen molar-refractivity contribution in [2.24, 2.45) is 0 Å². The first-order chi connectivity index (χ1) is 11.2. The number of carbonyl (C=O) groups is 1. The third-order valence-electron chi connectivity index (χ3n) is 4.15. The number of hydrogen-bond acceptors (Lipinski definition) is 4. The van der Waals surface area contributed by atoms with E-state index >= 15 is 0 Å². The highest BCUT2D eigenvalue weighted by Crippen LogP contribution is 2.35. The molecule has 0 amide bonds. The van der Waals surface area contributed by atoms with E-state index in [0.29, 0.717) is 11.7 Å². The van der Waals surface area contributed by atoms with E-state index in [1.807, 2.05) is 24.3 Å². The van der Waals surface area contributed by atoms with Crippen LogP contribution >= 0.6 is 0 Å². The van der Waals surface area contributed by atoms with E-state index in [-0.39, 0.29) is 11.4 Å². The van der Waals surface area contributed by atoms with Gasteiger partial charge in [0.25, 0.3) is 5.88 Å². The molecule has 1 aromatic heterocycles. The van der Waals surface area contributed by atoms with Gasteiger partial charge in [0.1, 0.15) is 5.75 Å². The molecule has 2 aromatic rings. The zero-order valence-electron chi connectivity index (χ0n) is 12.9. The Bertz CT molecular complexity index is 694. The van der Waals surface area contributed by atoms with Gasteiger partial charge < -0.3 is 9.47 Å². The molecule has 0 atom stereocenters. The average Bonchev–Trinajstić information content (AvgIpc) is 3.11. The molecule has 1 fully saturated rings. The van der Waals surface area contributed by atoms with Gasteiger partial charge in [-0.2, -0.15) is 0 Å². The third kappa shape index (κ3) is 3.50. The van der Waals surface area contributed by atoms with Crippen LogP contribution in [0.25, 0.3) is 0 Å². The standard InChI is InChI=1S/C18H18FNO3/c1-22-18(21)14-10-16(19)17(20-11-14)23-15-8-6-13(7-9-15)12-4-2-3-5-12/h6-12H,2-5H2,1H3. The number of carbonyl (C=O) groups excluding carboxylic acids is 1. The Morgan fingerprint density at radius 2 is 1.91 bits per heavy atom. The van der Waals surface area contributed by atoms with Gasteiger partial charge in [0.15, 0.2) is 5.82 Å². The van der Waals surface area contributed by atoms with Crippen molar-refractivity contribution >= 4 is 5.97 Å². The van der Waals surface area contributed by atoms with Crippen LogP contribution < -0.4 is 4.74 Å². The van der Waals surface area contributed by atoms with E-state index in [1.54, 1.807) is 0 Å². The lowest BCUT2D eigenvalue weighted by molar-refractivity contribution is 0.0599. The van der Waals surface area contributed by atoms with E-state index in [9.17, 15) is 9.18 Å². The first-order valence-electron chi connectivity index (χ1n) is 7.69. The van der Waals surface area contributed by atoms with E-state index in [2.05, 4.69) is 9.72 Å². The second-order valence-electron chi connectivity index (χ2n) is 5.66. The molecule has 120 valence electrons. The fraction of sp³-hybridized carbons (Fsp3) is 0.333. The zero-order valence-corrected chi connectivity index (χ0v) is 12.9. The Kier molecular flexibility index (Phi) is 4.55. The van der Waals surface area contributed by atoms with Gasteiger partial charge in [0.2, 0.25) is 0 Å². The molecule has 1 aliphatic rings. The van der Waals surface area contributed by atoms with Gasteiger partial charge in [-0.25, -0.2) is 14.2 Å². The quantitative estimate of drug-likeness (QED) is 0.782. The Labute approximate surface area is 134 Å². The van der Waals surface area contributed by atoms with Crippen LogP contribution in [0.2, 0.25) is 0 Å². The highest BCUT2D eigenvalue weighted by molar-refractivity contribution is 5.88. The van der Waals surface area contributed by atoms with Crippen molar-refractivity contribution < 1.29 is 18.7 Å². The van der Waals surface area contributed by atoms with Crippen molar-refractivity contribution in [2.45, 2.75) is 31.6 Å². The van der Waals surface area contributed by atoms with Crippen LogP contribution in [0, 0.1) is 5.82 Å². The van der Waals surface area contributed by atoms with E-state index in [0.717, 1.165) is 6.07 Å². The molecule has 3 rings (SSSR count). The smallest absolute Gasteiger partial charge is 0.339 e. The minimum absolute atomic E-state index is 0.0499. The number of rotatable bonds is 4. The maximum absolute atomic E-state index is 14.0. The Morgan fingerprint density at radius 1 is 1.22 bits per heavy atom. The molecule has 1 aromatic carbocycles. The number of aromatic nitrogens is 1. The third-order valence-corrected chi connectivity index (χ3v) is 4.15. The molecular weight excluding hydrogens is 297 g/mol. The maximum atomic E-state index is 14.0. The molecule has 0 bridgehead atoms. The minimum Gasteiger partial charge on any atom is -0.465 e. The largest absolute Gasteiger partial charge is 0.465 e. The number of nitrogens with zero attached hydrogens (tertiary/aromatic N) is 1. The number of methoxy groups -OCH3 is 1. The lowest BCUT2D eigenvalue weighted by Crippen LogP contribution is -2.03. The number of hydrogen-bond donors (Lipinski definition) is 0. The van der Waals surface area contributed by atoms with Crippen LogP contribution in [0.4, 0.5) is 4.39 Å². The summed E-state index contributed by atoms with van der Waals surface area (Å²) in [6, 6.07) is 8.74. The van der Waals surface area contributed by atoms with E-state index < -0.39 is 11.8 Å². The summed E-state index contributed by atoms with van der Waals surface area (Å²) in [7, 11) is 1.23. The highest BCUT2D eigenvalue weighted by Gasteiger charge is 2.17. The van der Waals surface area contributed by atoms with Crippen LogP contribution in [-0.4, -0.2) is 18.1 Å². The number of halogens is 1. The predicted molar refractivity (Wildman–Crippen MR) is 83.3 cm³/mol. The molecule has 0 aliphatic heterocycles. The summed E-state index contributed by atoms with van der Waals surface area (Å²) >= 11 is 0. The Hall–Kier alpha value is -2.43. The fourth-order valence-corrected chi connectivity index (χ4v) is 2.91. The number of pyridine rings is 1. The van der Waals surface area contributed by atoms with Crippen LogP contribution in [0.15, 0.2) is 36.5 Å². The van der Waals surface area contributed by atoms with Gasteiger partial charge in [0.05, 0.1) is 12.7 Å². The Balaban J connectivity index is 1.72. The normalized spacial score (nSPS) is 14.7. The number of esters is 1. The van der Waals surface area contributed by atoms with Crippen LogP contribution in [0.1, 0.15) is 47.5 Å². The van der Waals surface area contributed by atoms with Crippen LogP contribution in [-0.2, 0) is 4.74 Å². The average molecular weight is 315 g/mol. The second kappa shape index (κ2) is 6.77. The summed E-state index contributed by atoms with van der Waals surface area (Å²) in [4.78, 5) is 15.2. The molecule has 1 saturated carbocycles. The van der Waals surface area contributed by atoms with E-state index in [4.69, 9.17) is 4.74 Å². The molecule has 1 aliphatic carbocycles. The minimum atomic E-state index is -0.701. The molecule has 23 heavy (non-hydrogen) atoms. The molecule has 5 heteroatoms. The topological polar surface area (TPSA) is 48.4 Å². The molecular formula is C18H18FNO3. The van der Waals surface area contributed by atoms with Gasteiger partial charge in [-0.1, -0.05) is 25.0 Å². The first-order valence-corrected chi connectivity index (χ1v) is 7.69. The summed E-state index contributed by atoms with van der Waals surface area (Å²) in [5.74, 6) is -0.356. The second-order valence-corrected chi connectivity index (χ2v) is 5.66. The zero-order chi connectivity index (χ0) is 16.2. The molecule has 4 nitrogen and oxygen atoms in total.